The first-order valence-corrected chi connectivity index (χ1v) is 8.05. The number of carbonyl (C=O) groups excluding carboxylic acids is 2. The van der Waals surface area contributed by atoms with Crippen LogP contribution in [0.3, 0.4) is 0 Å². The highest BCUT2D eigenvalue weighted by atomic mass is 35.5. The van der Waals surface area contributed by atoms with Gasteiger partial charge in [0.1, 0.15) is 11.6 Å². The summed E-state index contributed by atoms with van der Waals surface area (Å²) in [4.78, 5) is 37.6. The fourth-order valence-corrected chi connectivity index (χ4v) is 2.71. The Morgan fingerprint density at radius 3 is 2.87 bits per heavy atom. The van der Waals surface area contributed by atoms with Gasteiger partial charge in [-0.3, -0.25) is 14.4 Å². The molecular weight excluding hydrogens is 345 g/mol. The fraction of sp³-hybridized carbons (Fsp3) is 0.571. The maximum Gasteiger partial charge on any atom is 0.310 e. The first kappa shape index (κ1) is 17.7. The molecule has 1 aliphatic heterocycles. The topological polar surface area (TPSA) is 81.5 Å². The summed E-state index contributed by atoms with van der Waals surface area (Å²) in [5.74, 6) is -0.923. The number of hydrogen-bond donors (Lipinski definition) is 0. The molecule has 0 N–H and O–H groups in total. The minimum atomic E-state index is -0.619. The summed E-state index contributed by atoms with van der Waals surface area (Å²) < 4.78 is 5.96. The Bertz CT molecular complexity index is 662. The van der Waals surface area contributed by atoms with Crippen molar-refractivity contribution in [1.29, 1.82) is 0 Å². The Hall–Kier alpha value is -1.60. The average Bonchev–Trinajstić information content (AvgIpc) is 2.55. The van der Waals surface area contributed by atoms with Gasteiger partial charge >= 0.3 is 5.97 Å². The first-order valence-electron chi connectivity index (χ1n) is 7.29. The van der Waals surface area contributed by atoms with Gasteiger partial charge in [-0.15, -0.1) is 0 Å². The molecule has 1 unspecified atom stereocenters. The standard InChI is InChI=1S/C14H17Cl2N3O4/c1-2-23-14(22)9-4-3-5-18(7-9)11(20)8-19-13(21)12(16)10(15)6-17-19/h6,9H,2-5,7-8H2,1H3. The number of piperidine rings is 1. The third kappa shape index (κ3) is 4.23. The van der Waals surface area contributed by atoms with Crippen molar-refractivity contribution in [2.24, 2.45) is 5.92 Å². The Morgan fingerprint density at radius 2 is 2.17 bits per heavy atom. The maximum absolute atomic E-state index is 12.3. The molecule has 1 aliphatic rings. The number of rotatable bonds is 4. The third-order valence-corrected chi connectivity index (χ3v) is 4.37. The van der Waals surface area contributed by atoms with Gasteiger partial charge in [-0.05, 0) is 19.8 Å². The lowest BCUT2D eigenvalue weighted by Gasteiger charge is -2.31. The molecule has 9 heteroatoms. The second-order valence-corrected chi connectivity index (χ2v) is 5.99. The highest BCUT2D eigenvalue weighted by molar-refractivity contribution is 6.41. The van der Waals surface area contributed by atoms with Crippen LogP contribution in [0.25, 0.3) is 0 Å². The van der Waals surface area contributed by atoms with E-state index in [1.54, 1.807) is 11.8 Å². The van der Waals surface area contributed by atoms with Crippen LogP contribution in [0.1, 0.15) is 19.8 Å². The lowest BCUT2D eigenvalue weighted by Crippen LogP contribution is -2.45. The van der Waals surface area contributed by atoms with E-state index in [-0.39, 0.29) is 40.9 Å². The summed E-state index contributed by atoms with van der Waals surface area (Å²) in [5.41, 5.74) is -0.619. The lowest BCUT2D eigenvalue weighted by atomic mass is 9.98. The van der Waals surface area contributed by atoms with E-state index in [0.29, 0.717) is 26.0 Å². The molecular formula is C14H17Cl2N3O4. The molecule has 0 bridgehead atoms. The Labute approximate surface area is 143 Å². The summed E-state index contributed by atoms with van der Waals surface area (Å²) in [6, 6.07) is 0. The normalized spacial score (nSPS) is 17.9. The smallest absolute Gasteiger partial charge is 0.310 e. The number of aromatic nitrogens is 2. The molecule has 0 radical (unpaired) electrons. The molecule has 1 atom stereocenters. The van der Waals surface area contributed by atoms with Crippen molar-refractivity contribution in [3.05, 3.63) is 26.6 Å². The van der Waals surface area contributed by atoms with Crippen LogP contribution in [0.5, 0.6) is 0 Å². The van der Waals surface area contributed by atoms with Crippen LogP contribution in [0.15, 0.2) is 11.0 Å². The molecule has 1 aromatic heterocycles. The predicted molar refractivity (Wildman–Crippen MR) is 84.5 cm³/mol. The molecule has 1 amide bonds. The SMILES string of the molecule is CCOC(=O)C1CCCN(C(=O)Cn2ncc(Cl)c(Cl)c2=O)C1. The van der Waals surface area contributed by atoms with Crippen molar-refractivity contribution in [2.75, 3.05) is 19.7 Å². The molecule has 7 nitrogen and oxygen atoms in total. The number of carbonyl (C=O) groups is 2. The van der Waals surface area contributed by atoms with Gasteiger partial charge in [-0.2, -0.15) is 5.10 Å². The summed E-state index contributed by atoms with van der Waals surface area (Å²) in [6.45, 7) is 2.63. The van der Waals surface area contributed by atoms with Crippen molar-refractivity contribution in [2.45, 2.75) is 26.3 Å². The van der Waals surface area contributed by atoms with E-state index >= 15 is 0 Å². The summed E-state index contributed by atoms with van der Waals surface area (Å²) in [5, 5.41) is 3.68. The monoisotopic (exact) mass is 361 g/mol. The molecule has 1 aromatic rings. The van der Waals surface area contributed by atoms with E-state index in [1.165, 1.54) is 6.20 Å². The van der Waals surface area contributed by atoms with E-state index in [0.717, 1.165) is 4.68 Å². The average molecular weight is 362 g/mol. The molecule has 1 fully saturated rings. The van der Waals surface area contributed by atoms with Crippen molar-refractivity contribution < 1.29 is 14.3 Å². The Morgan fingerprint density at radius 1 is 1.43 bits per heavy atom. The Balaban J connectivity index is 2.05. The Kier molecular flexibility index (Phi) is 6.01. The number of nitrogens with zero attached hydrogens (tertiary/aromatic N) is 3. The number of likely N-dealkylation sites (tertiary alicyclic amines) is 1. The minimum Gasteiger partial charge on any atom is -0.466 e. The zero-order valence-corrected chi connectivity index (χ0v) is 14.1. The largest absolute Gasteiger partial charge is 0.466 e. The van der Waals surface area contributed by atoms with Gasteiger partial charge in [0.15, 0.2) is 0 Å². The molecule has 2 rings (SSSR count). The van der Waals surface area contributed by atoms with Gasteiger partial charge in [0.05, 0.1) is 23.7 Å². The fourth-order valence-electron chi connectivity index (χ4n) is 2.44. The van der Waals surface area contributed by atoms with Crippen LogP contribution in [0.4, 0.5) is 0 Å². The summed E-state index contributed by atoms with van der Waals surface area (Å²) in [6.07, 6.45) is 2.61. The number of amides is 1. The van der Waals surface area contributed by atoms with E-state index in [2.05, 4.69) is 5.10 Å². The number of hydrogen-bond acceptors (Lipinski definition) is 5. The zero-order valence-electron chi connectivity index (χ0n) is 12.6. The second kappa shape index (κ2) is 7.79. The van der Waals surface area contributed by atoms with Crippen LogP contribution in [0.2, 0.25) is 10.0 Å². The molecule has 2 heterocycles. The van der Waals surface area contributed by atoms with E-state index in [4.69, 9.17) is 27.9 Å². The summed E-state index contributed by atoms with van der Waals surface area (Å²) >= 11 is 11.5. The number of halogens is 2. The van der Waals surface area contributed by atoms with Crippen LogP contribution in [-0.4, -0.2) is 46.3 Å². The van der Waals surface area contributed by atoms with Gasteiger partial charge in [0.2, 0.25) is 5.91 Å². The molecule has 23 heavy (non-hydrogen) atoms. The van der Waals surface area contributed by atoms with Crippen LogP contribution >= 0.6 is 23.2 Å². The molecule has 0 spiro atoms. The van der Waals surface area contributed by atoms with Crippen molar-refractivity contribution in [1.82, 2.24) is 14.7 Å². The molecule has 0 saturated carbocycles. The molecule has 0 aliphatic carbocycles. The van der Waals surface area contributed by atoms with Crippen LogP contribution < -0.4 is 5.56 Å². The second-order valence-electron chi connectivity index (χ2n) is 5.20. The van der Waals surface area contributed by atoms with Gasteiger partial charge < -0.3 is 9.64 Å². The lowest BCUT2D eigenvalue weighted by molar-refractivity contribution is -0.151. The molecule has 0 aromatic carbocycles. The third-order valence-electron chi connectivity index (χ3n) is 3.62. The van der Waals surface area contributed by atoms with Gasteiger partial charge in [0, 0.05) is 13.1 Å². The maximum atomic E-state index is 12.3. The molecule has 1 saturated heterocycles. The molecule has 126 valence electrons. The van der Waals surface area contributed by atoms with Gasteiger partial charge in [0.25, 0.3) is 5.56 Å². The quantitative estimate of drug-likeness (QED) is 0.756. The van der Waals surface area contributed by atoms with Crippen molar-refractivity contribution >= 4 is 35.1 Å². The number of ether oxygens (including phenoxy) is 1. The zero-order chi connectivity index (χ0) is 17.0. The van der Waals surface area contributed by atoms with Gasteiger partial charge in [-0.25, -0.2) is 4.68 Å². The van der Waals surface area contributed by atoms with E-state index in [9.17, 15) is 14.4 Å². The highest BCUT2D eigenvalue weighted by Crippen LogP contribution is 2.18. The highest BCUT2D eigenvalue weighted by Gasteiger charge is 2.29. The van der Waals surface area contributed by atoms with Crippen molar-refractivity contribution in [3.8, 4) is 0 Å². The van der Waals surface area contributed by atoms with Crippen LogP contribution in [-0.2, 0) is 20.9 Å². The van der Waals surface area contributed by atoms with Crippen LogP contribution in [0, 0.1) is 5.92 Å². The van der Waals surface area contributed by atoms with Crippen molar-refractivity contribution in [3.63, 3.8) is 0 Å². The van der Waals surface area contributed by atoms with E-state index in [1.807, 2.05) is 0 Å². The number of esters is 1. The van der Waals surface area contributed by atoms with E-state index < -0.39 is 5.56 Å². The van der Waals surface area contributed by atoms with Gasteiger partial charge in [-0.1, -0.05) is 23.2 Å². The minimum absolute atomic E-state index is 0.0423. The first-order chi connectivity index (χ1) is 10.9. The predicted octanol–water partition coefficient (Wildman–Crippen LogP) is 1.35. The summed E-state index contributed by atoms with van der Waals surface area (Å²) in [7, 11) is 0.